The standard InChI is InChI=1S/C18H26N4O4/c23-18(19-3-4-20-9-11-24-12-10-20)22-7-5-21(6-8-22)15-1-2-16-17(13-15)26-14-25-16/h1-2,13H,3-12,14H2,(H,19,23). The van der Waals surface area contributed by atoms with Crippen molar-refractivity contribution in [1.82, 2.24) is 15.1 Å². The normalized spacial score (nSPS) is 20.3. The van der Waals surface area contributed by atoms with Crippen molar-refractivity contribution in [2.75, 3.05) is 77.3 Å². The van der Waals surface area contributed by atoms with Crippen molar-refractivity contribution in [3.8, 4) is 11.5 Å². The molecular weight excluding hydrogens is 336 g/mol. The molecule has 8 nitrogen and oxygen atoms in total. The Kier molecular flexibility index (Phi) is 5.31. The number of rotatable bonds is 4. The second-order valence-corrected chi connectivity index (χ2v) is 6.70. The van der Waals surface area contributed by atoms with Crippen LogP contribution in [0, 0.1) is 0 Å². The molecule has 2 fully saturated rings. The first kappa shape index (κ1) is 17.2. The fraction of sp³-hybridized carbons (Fsp3) is 0.611. The summed E-state index contributed by atoms with van der Waals surface area (Å²) < 4.78 is 16.1. The molecule has 0 atom stereocenters. The number of nitrogens with zero attached hydrogens (tertiary/aromatic N) is 3. The van der Waals surface area contributed by atoms with E-state index in [4.69, 9.17) is 14.2 Å². The van der Waals surface area contributed by atoms with E-state index in [2.05, 4.69) is 15.1 Å². The number of benzene rings is 1. The van der Waals surface area contributed by atoms with Crippen LogP contribution in [0.25, 0.3) is 0 Å². The number of urea groups is 1. The maximum Gasteiger partial charge on any atom is 0.317 e. The third-order valence-electron chi connectivity index (χ3n) is 5.10. The zero-order chi connectivity index (χ0) is 17.8. The van der Waals surface area contributed by atoms with Gasteiger partial charge in [0.15, 0.2) is 11.5 Å². The second kappa shape index (κ2) is 8.01. The Morgan fingerprint density at radius 2 is 1.77 bits per heavy atom. The lowest BCUT2D eigenvalue weighted by molar-refractivity contribution is 0.0386. The minimum absolute atomic E-state index is 0.0311. The van der Waals surface area contributed by atoms with Gasteiger partial charge in [-0.3, -0.25) is 4.90 Å². The largest absolute Gasteiger partial charge is 0.454 e. The van der Waals surface area contributed by atoms with Gasteiger partial charge in [-0.1, -0.05) is 0 Å². The van der Waals surface area contributed by atoms with E-state index in [9.17, 15) is 4.79 Å². The average molecular weight is 362 g/mol. The van der Waals surface area contributed by atoms with Crippen molar-refractivity contribution in [3.05, 3.63) is 18.2 Å². The quantitative estimate of drug-likeness (QED) is 0.845. The molecule has 0 saturated carbocycles. The Morgan fingerprint density at radius 3 is 2.58 bits per heavy atom. The smallest absolute Gasteiger partial charge is 0.317 e. The average Bonchev–Trinajstić information content (AvgIpc) is 3.17. The van der Waals surface area contributed by atoms with Crippen molar-refractivity contribution in [2.24, 2.45) is 0 Å². The Hall–Kier alpha value is -2.19. The highest BCUT2D eigenvalue weighted by molar-refractivity contribution is 5.74. The summed E-state index contributed by atoms with van der Waals surface area (Å²) in [5.74, 6) is 1.60. The van der Waals surface area contributed by atoms with Gasteiger partial charge in [-0.15, -0.1) is 0 Å². The van der Waals surface area contributed by atoms with Gasteiger partial charge in [0, 0.05) is 64.1 Å². The highest BCUT2D eigenvalue weighted by Crippen LogP contribution is 2.35. The molecule has 0 aliphatic carbocycles. The predicted octanol–water partition coefficient (Wildman–Crippen LogP) is 0.579. The molecule has 26 heavy (non-hydrogen) atoms. The third-order valence-corrected chi connectivity index (χ3v) is 5.10. The summed E-state index contributed by atoms with van der Waals surface area (Å²) >= 11 is 0. The summed E-state index contributed by atoms with van der Waals surface area (Å²) in [5, 5.41) is 3.04. The molecule has 2 amide bonds. The van der Waals surface area contributed by atoms with E-state index in [0.29, 0.717) is 6.54 Å². The van der Waals surface area contributed by atoms with Gasteiger partial charge < -0.3 is 29.3 Å². The molecule has 0 unspecified atom stereocenters. The molecule has 0 radical (unpaired) electrons. The molecule has 3 heterocycles. The zero-order valence-corrected chi connectivity index (χ0v) is 15.0. The van der Waals surface area contributed by atoms with Gasteiger partial charge in [0.25, 0.3) is 0 Å². The number of hydrogen-bond donors (Lipinski definition) is 1. The monoisotopic (exact) mass is 362 g/mol. The Balaban J connectivity index is 1.21. The summed E-state index contributed by atoms with van der Waals surface area (Å²) in [7, 11) is 0. The first-order chi connectivity index (χ1) is 12.8. The summed E-state index contributed by atoms with van der Waals surface area (Å²) in [6.45, 7) is 8.40. The van der Waals surface area contributed by atoms with Crippen molar-refractivity contribution < 1.29 is 19.0 Å². The lowest BCUT2D eigenvalue weighted by Crippen LogP contribution is -2.52. The van der Waals surface area contributed by atoms with Crippen molar-refractivity contribution in [1.29, 1.82) is 0 Å². The molecular formula is C18H26N4O4. The Labute approximate surface area is 153 Å². The van der Waals surface area contributed by atoms with Gasteiger partial charge in [0.1, 0.15) is 0 Å². The molecule has 142 valence electrons. The molecule has 4 rings (SSSR count). The highest BCUT2D eigenvalue weighted by atomic mass is 16.7. The molecule has 1 aromatic rings. The first-order valence-corrected chi connectivity index (χ1v) is 9.27. The number of carbonyl (C=O) groups excluding carboxylic acids is 1. The van der Waals surface area contributed by atoms with Gasteiger partial charge in [0.2, 0.25) is 6.79 Å². The van der Waals surface area contributed by atoms with Crippen LogP contribution < -0.4 is 19.7 Å². The number of nitrogens with one attached hydrogen (secondary N) is 1. The molecule has 8 heteroatoms. The lowest BCUT2D eigenvalue weighted by Gasteiger charge is -2.36. The van der Waals surface area contributed by atoms with Gasteiger partial charge in [-0.05, 0) is 12.1 Å². The van der Waals surface area contributed by atoms with E-state index in [0.717, 1.165) is 76.2 Å². The number of carbonyl (C=O) groups is 1. The molecule has 0 aromatic heterocycles. The van der Waals surface area contributed by atoms with Crippen LogP contribution in [0.3, 0.4) is 0 Å². The predicted molar refractivity (Wildman–Crippen MR) is 97.0 cm³/mol. The van der Waals surface area contributed by atoms with Crippen LogP contribution in [0.15, 0.2) is 18.2 Å². The van der Waals surface area contributed by atoms with Gasteiger partial charge in [-0.25, -0.2) is 4.79 Å². The molecule has 2 saturated heterocycles. The van der Waals surface area contributed by atoms with E-state index in [-0.39, 0.29) is 12.8 Å². The Morgan fingerprint density at radius 1 is 1.00 bits per heavy atom. The van der Waals surface area contributed by atoms with Crippen molar-refractivity contribution in [2.45, 2.75) is 0 Å². The maximum absolute atomic E-state index is 12.4. The summed E-state index contributed by atoms with van der Waals surface area (Å²) in [6.07, 6.45) is 0. The Bertz CT molecular complexity index is 628. The van der Waals surface area contributed by atoms with E-state index in [1.807, 2.05) is 23.1 Å². The van der Waals surface area contributed by atoms with Crippen LogP contribution in [0.1, 0.15) is 0 Å². The minimum Gasteiger partial charge on any atom is -0.454 e. The molecule has 3 aliphatic heterocycles. The number of anilines is 1. The van der Waals surface area contributed by atoms with Gasteiger partial charge >= 0.3 is 6.03 Å². The van der Waals surface area contributed by atoms with Gasteiger partial charge in [-0.2, -0.15) is 0 Å². The molecule has 0 bridgehead atoms. The fourth-order valence-electron chi connectivity index (χ4n) is 3.51. The van der Waals surface area contributed by atoms with Gasteiger partial charge in [0.05, 0.1) is 13.2 Å². The second-order valence-electron chi connectivity index (χ2n) is 6.70. The number of amides is 2. The molecule has 1 N–H and O–H groups in total. The summed E-state index contributed by atoms with van der Waals surface area (Å²) in [5.41, 5.74) is 1.11. The fourth-order valence-corrected chi connectivity index (χ4v) is 3.51. The highest BCUT2D eigenvalue weighted by Gasteiger charge is 2.23. The van der Waals surface area contributed by atoms with E-state index >= 15 is 0 Å². The summed E-state index contributed by atoms with van der Waals surface area (Å²) in [4.78, 5) is 18.8. The molecule has 1 aromatic carbocycles. The van der Waals surface area contributed by atoms with Crippen molar-refractivity contribution in [3.63, 3.8) is 0 Å². The minimum atomic E-state index is 0.0311. The SMILES string of the molecule is O=C(NCCN1CCOCC1)N1CCN(c2ccc3c(c2)OCO3)CC1. The first-order valence-electron chi connectivity index (χ1n) is 9.27. The van der Waals surface area contributed by atoms with Crippen LogP contribution in [0.5, 0.6) is 11.5 Å². The topological polar surface area (TPSA) is 66.5 Å². The van der Waals surface area contributed by atoms with Crippen LogP contribution >= 0.6 is 0 Å². The zero-order valence-electron chi connectivity index (χ0n) is 15.0. The van der Waals surface area contributed by atoms with Crippen LogP contribution in [-0.2, 0) is 4.74 Å². The number of morpholine rings is 1. The van der Waals surface area contributed by atoms with Crippen molar-refractivity contribution >= 4 is 11.7 Å². The van der Waals surface area contributed by atoms with E-state index in [1.54, 1.807) is 0 Å². The number of piperazine rings is 1. The van der Waals surface area contributed by atoms with Crippen LogP contribution in [-0.4, -0.2) is 88.2 Å². The number of fused-ring (bicyclic) bond motifs is 1. The van der Waals surface area contributed by atoms with Crippen LogP contribution in [0.2, 0.25) is 0 Å². The van der Waals surface area contributed by atoms with E-state index < -0.39 is 0 Å². The van der Waals surface area contributed by atoms with E-state index in [1.165, 1.54) is 0 Å². The molecule has 0 spiro atoms. The maximum atomic E-state index is 12.4. The van der Waals surface area contributed by atoms with Crippen LogP contribution in [0.4, 0.5) is 10.5 Å². The lowest BCUT2D eigenvalue weighted by atomic mass is 10.2. The summed E-state index contributed by atoms with van der Waals surface area (Å²) in [6, 6.07) is 6.04. The third kappa shape index (κ3) is 3.96. The number of ether oxygens (including phenoxy) is 3. The molecule has 3 aliphatic rings. The number of hydrogen-bond acceptors (Lipinski definition) is 6.